The molecule has 0 aliphatic carbocycles. The Morgan fingerprint density at radius 2 is 1.16 bits per heavy atom. The van der Waals surface area contributed by atoms with Crippen LogP contribution < -0.4 is 0 Å². The van der Waals surface area contributed by atoms with Crippen LogP contribution in [-0.4, -0.2) is 23.8 Å². The van der Waals surface area contributed by atoms with Crippen LogP contribution in [-0.2, 0) is 4.79 Å². The minimum Gasteiger partial charge on any atom is -0.289 e. The van der Waals surface area contributed by atoms with Crippen LogP contribution in [0.15, 0.2) is 90.0 Å². The highest BCUT2D eigenvalue weighted by Crippen LogP contribution is 2.29. The zero-order chi connectivity index (χ0) is 21.8. The molecule has 1 heterocycles. The van der Waals surface area contributed by atoms with Gasteiger partial charge in [0.15, 0.2) is 5.78 Å². The van der Waals surface area contributed by atoms with Crippen LogP contribution in [0.3, 0.4) is 0 Å². The molecule has 0 spiro atoms. The molecular weight excluding hydrogens is 378 g/mol. The van der Waals surface area contributed by atoms with Gasteiger partial charge in [-0.2, -0.15) is 0 Å². The molecule has 0 saturated carbocycles. The predicted molar refractivity (Wildman–Crippen MR) is 130 cm³/mol. The average Bonchev–Trinajstić information content (AvgIpc) is 2.79. The van der Waals surface area contributed by atoms with Crippen molar-refractivity contribution < 1.29 is 4.79 Å². The molecule has 0 radical (unpaired) electrons. The highest BCUT2D eigenvalue weighted by atomic mass is 16.1. The summed E-state index contributed by atoms with van der Waals surface area (Å²) in [6.45, 7) is 7.67. The molecule has 0 aromatic heterocycles. The van der Waals surface area contributed by atoms with Gasteiger partial charge in [0, 0.05) is 30.3 Å². The Morgan fingerprint density at radius 1 is 0.710 bits per heavy atom. The third kappa shape index (κ3) is 5.10. The number of ketones is 1. The van der Waals surface area contributed by atoms with Gasteiger partial charge in [-0.3, -0.25) is 9.69 Å². The Kier molecular flexibility index (Phi) is 6.29. The summed E-state index contributed by atoms with van der Waals surface area (Å²) in [5.74, 6) is 0.151. The first-order valence-electron chi connectivity index (χ1n) is 10.9. The van der Waals surface area contributed by atoms with Gasteiger partial charge in [0.1, 0.15) is 0 Å². The molecule has 0 amide bonds. The van der Waals surface area contributed by atoms with Crippen molar-refractivity contribution in [1.82, 2.24) is 4.90 Å². The average molecular weight is 408 g/mol. The first-order chi connectivity index (χ1) is 15.0. The maximum absolute atomic E-state index is 13.4. The molecule has 4 rings (SSSR count). The largest absolute Gasteiger partial charge is 0.289 e. The number of nitrogens with zero attached hydrogens (tertiary/aromatic N) is 1. The van der Waals surface area contributed by atoms with E-state index in [0.717, 1.165) is 22.3 Å². The lowest BCUT2D eigenvalue weighted by atomic mass is 9.92. The number of likely N-dealkylation sites (tertiary alicyclic amines) is 1. The maximum atomic E-state index is 13.4. The zero-order valence-corrected chi connectivity index (χ0v) is 18.5. The van der Waals surface area contributed by atoms with E-state index in [1.807, 2.05) is 6.07 Å². The lowest BCUT2D eigenvalue weighted by Crippen LogP contribution is -2.39. The van der Waals surface area contributed by atoms with Gasteiger partial charge in [-0.05, 0) is 49.6 Å². The Hall–Kier alpha value is -3.23. The van der Waals surface area contributed by atoms with Crippen LogP contribution in [0.1, 0.15) is 40.8 Å². The number of aryl methyl sites for hydroxylation is 2. The molecule has 31 heavy (non-hydrogen) atoms. The molecule has 1 fully saturated rings. The number of hydrogen-bond donors (Lipinski definition) is 0. The predicted octanol–water partition coefficient (Wildman–Crippen LogP) is 6.42. The van der Waals surface area contributed by atoms with E-state index in [4.69, 9.17) is 0 Å². The molecule has 156 valence electrons. The van der Waals surface area contributed by atoms with Crippen molar-refractivity contribution in [3.8, 4) is 0 Å². The molecule has 3 aromatic rings. The summed E-state index contributed by atoms with van der Waals surface area (Å²) in [6.07, 6.45) is 4.10. The van der Waals surface area contributed by atoms with Crippen molar-refractivity contribution in [3.05, 3.63) is 118 Å². The molecule has 1 aliphatic heterocycles. The second-order valence-electron chi connectivity index (χ2n) is 8.48. The molecule has 2 nitrogen and oxygen atoms in total. The first kappa shape index (κ1) is 21.0. The smallest absolute Gasteiger partial charge is 0.187 e. The molecule has 3 aromatic carbocycles. The van der Waals surface area contributed by atoms with Gasteiger partial charge in [0.05, 0.1) is 0 Å². The van der Waals surface area contributed by atoms with Crippen molar-refractivity contribution in [1.29, 1.82) is 0 Å². The van der Waals surface area contributed by atoms with Crippen molar-refractivity contribution in [2.45, 2.75) is 26.8 Å². The molecule has 0 unspecified atom stereocenters. The SMILES string of the molecule is Cc1ccc(/C=C2\CN([C@H](C)c3ccccc3)C/C(=C\c3ccc(C)cc3)C2=O)cc1. The summed E-state index contributed by atoms with van der Waals surface area (Å²) < 4.78 is 0. The quantitative estimate of drug-likeness (QED) is 0.465. The third-order valence-electron chi connectivity index (χ3n) is 6.00. The van der Waals surface area contributed by atoms with Crippen LogP contribution >= 0.6 is 0 Å². The summed E-state index contributed by atoms with van der Waals surface area (Å²) in [5.41, 5.74) is 7.53. The normalized spacial score (nSPS) is 18.5. The Balaban J connectivity index is 1.71. The minimum absolute atomic E-state index is 0.151. The fourth-order valence-corrected chi connectivity index (χ4v) is 4.01. The standard InChI is InChI=1S/C29H29NO/c1-21-9-13-24(14-10-21)17-27-19-30(23(3)26-7-5-4-6-8-26)20-28(29(27)31)18-25-15-11-22(2)12-16-25/h4-18,23H,19-20H2,1-3H3/b27-17+,28-18+/t23-/m1/s1. The molecule has 1 aliphatic rings. The summed E-state index contributed by atoms with van der Waals surface area (Å²) in [7, 11) is 0. The van der Waals surface area contributed by atoms with E-state index in [1.54, 1.807) is 0 Å². The van der Waals surface area contributed by atoms with Crippen LogP contribution in [0.4, 0.5) is 0 Å². The van der Waals surface area contributed by atoms with Gasteiger partial charge in [0.2, 0.25) is 0 Å². The van der Waals surface area contributed by atoms with Crippen LogP contribution in [0.25, 0.3) is 12.2 Å². The summed E-state index contributed by atoms with van der Waals surface area (Å²) in [4.78, 5) is 15.8. The van der Waals surface area contributed by atoms with E-state index >= 15 is 0 Å². The Labute approximate surface area is 185 Å². The number of Topliss-reactive ketones (excluding diaryl/α,β-unsaturated/α-hetero) is 1. The highest BCUT2D eigenvalue weighted by molar-refractivity contribution is 6.14. The maximum Gasteiger partial charge on any atom is 0.187 e. The number of hydrogen-bond acceptors (Lipinski definition) is 2. The first-order valence-corrected chi connectivity index (χ1v) is 10.9. The molecular formula is C29H29NO. The topological polar surface area (TPSA) is 20.3 Å². The second kappa shape index (κ2) is 9.28. The lowest BCUT2D eigenvalue weighted by molar-refractivity contribution is -0.113. The van der Waals surface area contributed by atoms with E-state index < -0.39 is 0 Å². The molecule has 0 N–H and O–H groups in total. The van der Waals surface area contributed by atoms with E-state index in [1.165, 1.54) is 16.7 Å². The van der Waals surface area contributed by atoms with Gasteiger partial charge in [-0.25, -0.2) is 0 Å². The summed E-state index contributed by atoms with van der Waals surface area (Å²) >= 11 is 0. The third-order valence-corrected chi connectivity index (χ3v) is 6.00. The zero-order valence-electron chi connectivity index (χ0n) is 18.5. The molecule has 1 atom stereocenters. The Morgan fingerprint density at radius 3 is 1.61 bits per heavy atom. The summed E-state index contributed by atoms with van der Waals surface area (Å²) in [5, 5.41) is 0. The van der Waals surface area contributed by atoms with Crippen LogP contribution in [0, 0.1) is 13.8 Å². The van der Waals surface area contributed by atoms with Gasteiger partial charge in [-0.1, -0.05) is 90.0 Å². The number of carbonyl (C=O) groups excluding carboxylic acids is 1. The monoisotopic (exact) mass is 407 g/mol. The van der Waals surface area contributed by atoms with Gasteiger partial charge in [0.25, 0.3) is 0 Å². The van der Waals surface area contributed by atoms with E-state index in [0.29, 0.717) is 13.1 Å². The highest BCUT2D eigenvalue weighted by Gasteiger charge is 2.29. The van der Waals surface area contributed by atoms with Crippen LogP contribution in [0.2, 0.25) is 0 Å². The fourth-order valence-electron chi connectivity index (χ4n) is 4.01. The number of rotatable bonds is 4. The van der Waals surface area contributed by atoms with Crippen molar-refractivity contribution >= 4 is 17.9 Å². The van der Waals surface area contributed by atoms with Crippen molar-refractivity contribution in [2.24, 2.45) is 0 Å². The van der Waals surface area contributed by atoms with Gasteiger partial charge >= 0.3 is 0 Å². The van der Waals surface area contributed by atoms with Crippen molar-refractivity contribution in [2.75, 3.05) is 13.1 Å². The van der Waals surface area contributed by atoms with Gasteiger partial charge < -0.3 is 0 Å². The van der Waals surface area contributed by atoms with E-state index in [2.05, 4.69) is 111 Å². The minimum atomic E-state index is 0.151. The van der Waals surface area contributed by atoms with Crippen molar-refractivity contribution in [3.63, 3.8) is 0 Å². The van der Waals surface area contributed by atoms with E-state index in [-0.39, 0.29) is 11.8 Å². The molecule has 1 saturated heterocycles. The van der Waals surface area contributed by atoms with Gasteiger partial charge in [-0.15, -0.1) is 0 Å². The summed E-state index contributed by atoms with van der Waals surface area (Å²) in [6, 6.07) is 27.4. The number of piperidine rings is 1. The molecule has 2 heteroatoms. The van der Waals surface area contributed by atoms with E-state index in [9.17, 15) is 4.79 Å². The second-order valence-corrected chi connectivity index (χ2v) is 8.48. The fraction of sp³-hybridized carbons (Fsp3) is 0.207. The number of benzene rings is 3. The lowest BCUT2D eigenvalue weighted by Gasteiger charge is -2.35. The van der Waals surface area contributed by atoms with Crippen LogP contribution in [0.5, 0.6) is 0 Å². The Bertz CT molecular complexity index is 1040. The molecule has 0 bridgehead atoms. The number of carbonyl (C=O) groups is 1.